The van der Waals surface area contributed by atoms with E-state index in [0.29, 0.717) is 5.56 Å². The SMILES string of the molecule is CCC(N)Cc1cccc(OCc2ccccc2F)c1. The molecule has 0 amide bonds. The Morgan fingerprint density at radius 1 is 1.15 bits per heavy atom. The van der Waals surface area contributed by atoms with Crippen LogP contribution < -0.4 is 10.5 Å². The smallest absolute Gasteiger partial charge is 0.129 e. The summed E-state index contributed by atoms with van der Waals surface area (Å²) >= 11 is 0. The van der Waals surface area contributed by atoms with Crippen LogP contribution in [0.15, 0.2) is 48.5 Å². The van der Waals surface area contributed by atoms with Gasteiger partial charge in [0.15, 0.2) is 0 Å². The molecule has 0 saturated heterocycles. The van der Waals surface area contributed by atoms with Crippen molar-refractivity contribution in [3.8, 4) is 5.75 Å². The summed E-state index contributed by atoms with van der Waals surface area (Å²) < 4.78 is 19.1. The van der Waals surface area contributed by atoms with Crippen LogP contribution in [-0.2, 0) is 13.0 Å². The van der Waals surface area contributed by atoms with Crippen molar-refractivity contribution in [1.29, 1.82) is 0 Å². The normalized spacial score (nSPS) is 12.2. The Balaban J connectivity index is 2.00. The van der Waals surface area contributed by atoms with Gasteiger partial charge in [-0.15, -0.1) is 0 Å². The quantitative estimate of drug-likeness (QED) is 0.871. The topological polar surface area (TPSA) is 35.2 Å². The predicted octanol–water partition coefficient (Wildman–Crippen LogP) is 3.68. The number of rotatable bonds is 6. The van der Waals surface area contributed by atoms with Gasteiger partial charge in [0.25, 0.3) is 0 Å². The summed E-state index contributed by atoms with van der Waals surface area (Å²) in [7, 11) is 0. The van der Waals surface area contributed by atoms with Crippen molar-refractivity contribution in [3.05, 3.63) is 65.5 Å². The highest BCUT2D eigenvalue weighted by molar-refractivity contribution is 5.29. The molecule has 2 rings (SSSR count). The molecule has 0 aromatic heterocycles. The maximum atomic E-state index is 13.5. The van der Waals surface area contributed by atoms with E-state index in [0.717, 1.165) is 24.2 Å². The minimum Gasteiger partial charge on any atom is -0.489 e. The zero-order valence-electron chi connectivity index (χ0n) is 11.7. The maximum absolute atomic E-state index is 13.5. The van der Waals surface area contributed by atoms with Gasteiger partial charge in [0.05, 0.1) is 0 Å². The molecule has 0 fully saturated rings. The number of benzene rings is 2. The summed E-state index contributed by atoms with van der Waals surface area (Å²) in [5.41, 5.74) is 7.65. The molecule has 0 aliphatic rings. The molecule has 20 heavy (non-hydrogen) atoms. The minimum absolute atomic E-state index is 0.164. The Morgan fingerprint density at radius 2 is 1.95 bits per heavy atom. The first-order chi connectivity index (χ1) is 9.69. The summed E-state index contributed by atoms with van der Waals surface area (Å²) in [5, 5.41) is 0. The van der Waals surface area contributed by atoms with Crippen molar-refractivity contribution in [1.82, 2.24) is 0 Å². The van der Waals surface area contributed by atoms with E-state index in [1.54, 1.807) is 18.2 Å². The second-order valence-corrected chi connectivity index (χ2v) is 4.90. The lowest BCUT2D eigenvalue weighted by molar-refractivity contribution is 0.299. The average Bonchev–Trinajstić information content (AvgIpc) is 2.47. The maximum Gasteiger partial charge on any atom is 0.129 e. The first-order valence-corrected chi connectivity index (χ1v) is 6.89. The van der Waals surface area contributed by atoms with Crippen molar-refractivity contribution in [2.45, 2.75) is 32.4 Å². The van der Waals surface area contributed by atoms with E-state index in [2.05, 4.69) is 6.92 Å². The number of ether oxygens (including phenoxy) is 1. The molecule has 2 nitrogen and oxygen atoms in total. The van der Waals surface area contributed by atoms with Crippen molar-refractivity contribution < 1.29 is 9.13 Å². The Hall–Kier alpha value is -1.87. The highest BCUT2D eigenvalue weighted by Crippen LogP contribution is 2.17. The van der Waals surface area contributed by atoms with Gasteiger partial charge in [-0.3, -0.25) is 0 Å². The molecule has 2 aromatic carbocycles. The lowest BCUT2D eigenvalue weighted by Gasteiger charge is -2.11. The molecule has 2 aromatic rings. The molecule has 0 radical (unpaired) electrons. The van der Waals surface area contributed by atoms with Gasteiger partial charge >= 0.3 is 0 Å². The molecule has 106 valence electrons. The van der Waals surface area contributed by atoms with Gasteiger partial charge in [-0.25, -0.2) is 4.39 Å². The number of hydrogen-bond donors (Lipinski definition) is 1. The van der Waals surface area contributed by atoms with Crippen molar-refractivity contribution in [2.24, 2.45) is 5.73 Å². The summed E-state index contributed by atoms with van der Waals surface area (Å²) in [5.74, 6) is 0.505. The predicted molar refractivity (Wildman–Crippen MR) is 79.1 cm³/mol. The van der Waals surface area contributed by atoms with Crippen LogP contribution >= 0.6 is 0 Å². The van der Waals surface area contributed by atoms with Crippen LogP contribution in [0.4, 0.5) is 4.39 Å². The number of hydrogen-bond acceptors (Lipinski definition) is 2. The zero-order chi connectivity index (χ0) is 14.4. The zero-order valence-corrected chi connectivity index (χ0v) is 11.7. The van der Waals surface area contributed by atoms with E-state index in [9.17, 15) is 4.39 Å². The summed E-state index contributed by atoms with van der Waals surface area (Å²) in [4.78, 5) is 0. The third-order valence-corrected chi connectivity index (χ3v) is 3.27. The van der Waals surface area contributed by atoms with Crippen molar-refractivity contribution in [2.75, 3.05) is 0 Å². The van der Waals surface area contributed by atoms with E-state index in [1.165, 1.54) is 6.07 Å². The van der Waals surface area contributed by atoms with E-state index in [1.807, 2.05) is 24.3 Å². The van der Waals surface area contributed by atoms with Gasteiger partial charge in [0.2, 0.25) is 0 Å². The van der Waals surface area contributed by atoms with Gasteiger partial charge in [0, 0.05) is 11.6 Å². The molecule has 0 aliphatic heterocycles. The second-order valence-electron chi connectivity index (χ2n) is 4.90. The Morgan fingerprint density at radius 3 is 2.70 bits per heavy atom. The van der Waals surface area contributed by atoms with Crippen molar-refractivity contribution in [3.63, 3.8) is 0 Å². The van der Waals surface area contributed by atoms with E-state index in [4.69, 9.17) is 10.5 Å². The van der Waals surface area contributed by atoms with Gasteiger partial charge in [-0.05, 0) is 36.6 Å². The Bertz CT molecular complexity index is 556. The van der Waals surface area contributed by atoms with Crippen LogP contribution in [0.2, 0.25) is 0 Å². The van der Waals surface area contributed by atoms with Crippen molar-refractivity contribution >= 4 is 0 Å². The third kappa shape index (κ3) is 4.07. The first kappa shape index (κ1) is 14.5. The molecule has 0 heterocycles. The lowest BCUT2D eigenvalue weighted by Crippen LogP contribution is -2.21. The van der Waals surface area contributed by atoms with Crippen LogP contribution in [0.1, 0.15) is 24.5 Å². The summed E-state index contributed by atoms with van der Waals surface area (Å²) in [6.07, 6.45) is 1.77. The third-order valence-electron chi connectivity index (χ3n) is 3.27. The van der Waals surface area contributed by atoms with E-state index >= 15 is 0 Å². The fraction of sp³-hybridized carbons (Fsp3) is 0.294. The fourth-order valence-electron chi connectivity index (χ4n) is 1.99. The van der Waals surface area contributed by atoms with Gasteiger partial charge in [-0.1, -0.05) is 37.3 Å². The molecule has 1 atom stereocenters. The Labute approximate surface area is 119 Å². The number of nitrogens with two attached hydrogens (primary N) is 1. The van der Waals surface area contributed by atoms with Gasteiger partial charge in [-0.2, -0.15) is 0 Å². The van der Waals surface area contributed by atoms with Crippen LogP contribution in [0.25, 0.3) is 0 Å². The molecular formula is C17H20FNO. The highest BCUT2D eigenvalue weighted by Gasteiger charge is 2.04. The standard InChI is InChI=1S/C17H20FNO/c1-2-15(19)10-13-6-5-8-16(11-13)20-12-14-7-3-4-9-17(14)18/h3-9,11,15H,2,10,12,19H2,1H3. The minimum atomic E-state index is -0.239. The van der Waals surface area contributed by atoms with E-state index < -0.39 is 0 Å². The van der Waals surface area contributed by atoms with Gasteiger partial charge < -0.3 is 10.5 Å². The summed E-state index contributed by atoms with van der Waals surface area (Å²) in [6, 6.07) is 14.6. The molecule has 3 heteroatoms. The molecule has 1 unspecified atom stereocenters. The molecular weight excluding hydrogens is 253 g/mol. The summed E-state index contributed by atoms with van der Waals surface area (Å²) in [6.45, 7) is 2.30. The fourth-order valence-corrected chi connectivity index (χ4v) is 1.99. The average molecular weight is 273 g/mol. The highest BCUT2D eigenvalue weighted by atomic mass is 19.1. The number of halogens is 1. The molecule has 0 saturated carbocycles. The molecule has 2 N–H and O–H groups in total. The molecule has 0 aliphatic carbocycles. The van der Waals surface area contributed by atoms with Gasteiger partial charge in [0.1, 0.15) is 18.2 Å². The van der Waals surface area contributed by atoms with E-state index in [-0.39, 0.29) is 18.5 Å². The van der Waals surface area contributed by atoms with Crippen LogP contribution in [0.5, 0.6) is 5.75 Å². The monoisotopic (exact) mass is 273 g/mol. The Kier molecular flexibility index (Phi) is 5.13. The lowest BCUT2D eigenvalue weighted by atomic mass is 10.0. The first-order valence-electron chi connectivity index (χ1n) is 6.89. The second kappa shape index (κ2) is 7.06. The molecule has 0 bridgehead atoms. The van der Waals surface area contributed by atoms with Crippen LogP contribution in [-0.4, -0.2) is 6.04 Å². The van der Waals surface area contributed by atoms with Crippen LogP contribution in [0.3, 0.4) is 0 Å². The largest absolute Gasteiger partial charge is 0.489 e. The molecule has 0 spiro atoms. The van der Waals surface area contributed by atoms with Crippen LogP contribution in [0, 0.1) is 5.82 Å².